The summed E-state index contributed by atoms with van der Waals surface area (Å²) in [4.78, 5) is 8.04. The van der Waals surface area contributed by atoms with E-state index in [4.69, 9.17) is 0 Å². The van der Waals surface area contributed by atoms with Gasteiger partial charge in [-0.3, -0.25) is 0 Å². The van der Waals surface area contributed by atoms with Crippen molar-refractivity contribution in [2.45, 2.75) is 19.8 Å². The summed E-state index contributed by atoms with van der Waals surface area (Å²) in [6.07, 6.45) is 4.25. The molecule has 2 nitrogen and oxygen atoms in total. The Kier molecular flexibility index (Phi) is 4.95. The maximum Gasteiger partial charge on any atom is 0.169 e. The quantitative estimate of drug-likeness (QED) is 0.787. The Morgan fingerprint density at radius 3 is 2.10 bits per heavy atom. The Bertz CT molecular complexity index is 607. The number of hydrogen-bond acceptors (Lipinski definition) is 2. The van der Waals surface area contributed by atoms with Gasteiger partial charge >= 0.3 is 0 Å². The highest BCUT2D eigenvalue weighted by Gasteiger charge is 2.12. The molecule has 2 rings (SSSR count). The highest BCUT2D eigenvalue weighted by molar-refractivity contribution is 9.10. The predicted molar refractivity (Wildman–Crippen MR) is 79.2 cm³/mol. The van der Waals surface area contributed by atoms with E-state index in [1.54, 1.807) is 12.1 Å². The van der Waals surface area contributed by atoms with Gasteiger partial charge in [0, 0.05) is 28.9 Å². The lowest BCUT2D eigenvalue weighted by molar-refractivity contribution is 0.697. The van der Waals surface area contributed by atoms with Crippen molar-refractivity contribution < 1.29 is 8.78 Å². The molecule has 0 unspecified atom stereocenters. The molecule has 1 heterocycles. The SMILES string of the molecule is CCCc1ncc(/C(F)=C(/F)c2ccc(Br)cc2)cn1. The monoisotopic (exact) mass is 338 g/mol. The Morgan fingerprint density at radius 2 is 1.55 bits per heavy atom. The van der Waals surface area contributed by atoms with Crippen molar-refractivity contribution >= 4 is 27.6 Å². The van der Waals surface area contributed by atoms with E-state index in [1.807, 2.05) is 6.92 Å². The summed E-state index contributed by atoms with van der Waals surface area (Å²) in [5, 5.41) is 0. The minimum Gasteiger partial charge on any atom is -0.241 e. The molecule has 0 saturated heterocycles. The summed E-state index contributed by atoms with van der Waals surface area (Å²) in [6, 6.07) is 6.32. The van der Waals surface area contributed by atoms with Gasteiger partial charge in [0.25, 0.3) is 0 Å². The number of aromatic nitrogens is 2. The third kappa shape index (κ3) is 3.48. The highest BCUT2D eigenvalue weighted by atomic mass is 79.9. The van der Waals surface area contributed by atoms with Crippen LogP contribution < -0.4 is 0 Å². The smallest absolute Gasteiger partial charge is 0.169 e. The lowest BCUT2D eigenvalue weighted by atomic mass is 10.1. The van der Waals surface area contributed by atoms with Crippen LogP contribution in [-0.4, -0.2) is 9.97 Å². The predicted octanol–water partition coefficient (Wildman–Crippen LogP) is 4.96. The molecule has 0 atom stereocenters. The van der Waals surface area contributed by atoms with Crippen LogP contribution in [0.3, 0.4) is 0 Å². The minimum atomic E-state index is -0.949. The van der Waals surface area contributed by atoms with Gasteiger partial charge < -0.3 is 0 Å². The van der Waals surface area contributed by atoms with Crippen molar-refractivity contribution in [2.24, 2.45) is 0 Å². The van der Waals surface area contributed by atoms with Gasteiger partial charge in [-0.2, -0.15) is 0 Å². The summed E-state index contributed by atoms with van der Waals surface area (Å²) in [6.45, 7) is 2.00. The van der Waals surface area contributed by atoms with Crippen molar-refractivity contribution in [3.63, 3.8) is 0 Å². The normalized spacial score (nSPS) is 12.2. The van der Waals surface area contributed by atoms with Crippen LogP contribution >= 0.6 is 15.9 Å². The standard InChI is InChI=1S/C15H13BrF2N2/c1-2-3-13-19-8-11(9-20-13)15(18)14(17)10-4-6-12(16)7-5-10/h4-9H,2-3H2,1H3/b15-14-. The van der Waals surface area contributed by atoms with Crippen molar-refractivity contribution in [1.29, 1.82) is 0 Å². The maximum atomic E-state index is 14.0. The van der Waals surface area contributed by atoms with Gasteiger partial charge in [0.2, 0.25) is 0 Å². The number of aryl methyl sites for hydroxylation is 1. The lowest BCUT2D eigenvalue weighted by Crippen LogP contribution is -1.95. The number of benzene rings is 1. The molecular weight excluding hydrogens is 326 g/mol. The first kappa shape index (κ1) is 14.8. The van der Waals surface area contributed by atoms with Gasteiger partial charge in [0.15, 0.2) is 11.7 Å². The summed E-state index contributed by atoms with van der Waals surface area (Å²) < 4.78 is 28.9. The van der Waals surface area contributed by atoms with Crippen LogP contribution in [0.4, 0.5) is 8.78 Å². The van der Waals surface area contributed by atoms with Crippen molar-refractivity contribution in [1.82, 2.24) is 9.97 Å². The summed E-state index contributed by atoms with van der Waals surface area (Å²) >= 11 is 3.25. The third-order valence-corrected chi connectivity index (χ3v) is 3.25. The van der Waals surface area contributed by atoms with E-state index in [9.17, 15) is 8.78 Å². The van der Waals surface area contributed by atoms with E-state index < -0.39 is 11.7 Å². The van der Waals surface area contributed by atoms with Crippen LogP contribution in [0.2, 0.25) is 0 Å². The molecule has 2 aromatic rings. The second-order valence-corrected chi connectivity index (χ2v) is 5.19. The van der Waals surface area contributed by atoms with Gasteiger partial charge in [-0.25, -0.2) is 18.7 Å². The molecule has 0 aliphatic carbocycles. The van der Waals surface area contributed by atoms with Crippen LogP contribution in [0.1, 0.15) is 30.3 Å². The number of rotatable bonds is 4. The zero-order valence-corrected chi connectivity index (χ0v) is 12.5. The Balaban J connectivity index is 2.30. The first-order chi connectivity index (χ1) is 9.61. The van der Waals surface area contributed by atoms with Gasteiger partial charge in [0.1, 0.15) is 5.82 Å². The molecule has 0 aliphatic heterocycles. The Hall–Kier alpha value is -1.62. The second-order valence-electron chi connectivity index (χ2n) is 4.27. The van der Waals surface area contributed by atoms with E-state index >= 15 is 0 Å². The topological polar surface area (TPSA) is 25.8 Å². The van der Waals surface area contributed by atoms with E-state index in [0.29, 0.717) is 5.82 Å². The third-order valence-electron chi connectivity index (χ3n) is 2.72. The number of halogens is 3. The van der Waals surface area contributed by atoms with E-state index in [2.05, 4.69) is 25.9 Å². The zero-order valence-electron chi connectivity index (χ0n) is 10.9. The average molecular weight is 339 g/mol. The maximum absolute atomic E-state index is 14.0. The van der Waals surface area contributed by atoms with Crippen LogP contribution in [-0.2, 0) is 6.42 Å². The first-order valence-corrected chi connectivity index (χ1v) is 7.03. The molecule has 0 aliphatic rings. The highest BCUT2D eigenvalue weighted by Crippen LogP contribution is 2.28. The molecule has 5 heteroatoms. The molecule has 0 bridgehead atoms. The van der Waals surface area contributed by atoms with E-state index in [0.717, 1.165) is 17.3 Å². The van der Waals surface area contributed by atoms with Gasteiger partial charge in [-0.1, -0.05) is 35.0 Å². The van der Waals surface area contributed by atoms with E-state index in [-0.39, 0.29) is 11.1 Å². The fourth-order valence-corrected chi connectivity index (χ4v) is 1.93. The van der Waals surface area contributed by atoms with Crippen molar-refractivity contribution in [2.75, 3.05) is 0 Å². The molecular formula is C15H13BrF2N2. The number of hydrogen-bond donors (Lipinski definition) is 0. The molecule has 0 N–H and O–H groups in total. The molecule has 20 heavy (non-hydrogen) atoms. The van der Waals surface area contributed by atoms with E-state index in [1.165, 1.54) is 24.5 Å². The molecule has 0 amide bonds. The Labute approximate surface area is 124 Å². The summed E-state index contributed by atoms with van der Waals surface area (Å²) in [7, 11) is 0. The van der Waals surface area contributed by atoms with Gasteiger partial charge in [-0.15, -0.1) is 0 Å². The van der Waals surface area contributed by atoms with Crippen LogP contribution in [0.5, 0.6) is 0 Å². The molecule has 0 spiro atoms. The lowest BCUT2D eigenvalue weighted by Gasteiger charge is -2.03. The zero-order chi connectivity index (χ0) is 14.5. The average Bonchev–Trinajstić information content (AvgIpc) is 2.48. The largest absolute Gasteiger partial charge is 0.241 e. The first-order valence-electron chi connectivity index (χ1n) is 6.24. The summed E-state index contributed by atoms with van der Waals surface area (Å²) in [5.41, 5.74) is 0.230. The van der Waals surface area contributed by atoms with Gasteiger partial charge in [0.05, 0.1) is 5.56 Å². The molecule has 0 radical (unpaired) electrons. The minimum absolute atomic E-state index is 0.0465. The summed E-state index contributed by atoms with van der Waals surface area (Å²) in [5.74, 6) is -1.23. The molecule has 0 fully saturated rings. The van der Waals surface area contributed by atoms with Crippen LogP contribution in [0.25, 0.3) is 11.7 Å². The molecule has 104 valence electrons. The fraction of sp³-hybridized carbons (Fsp3) is 0.200. The fourth-order valence-electron chi connectivity index (χ4n) is 1.67. The van der Waals surface area contributed by atoms with Crippen LogP contribution in [0, 0.1) is 0 Å². The van der Waals surface area contributed by atoms with Crippen LogP contribution in [0.15, 0.2) is 41.1 Å². The second kappa shape index (κ2) is 6.70. The molecule has 0 saturated carbocycles. The Morgan fingerprint density at radius 1 is 1.00 bits per heavy atom. The van der Waals surface area contributed by atoms with Crippen molar-refractivity contribution in [3.05, 3.63) is 58.1 Å². The number of nitrogens with zero attached hydrogens (tertiary/aromatic N) is 2. The van der Waals surface area contributed by atoms with Gasteiger partial charge in [-0.05, 0) is 18.6 Å². The van der Waals surface area contributed by atoms with Crippen molar-refractivity contribution in [3.8, 4) is 0 Å². The molecule has 1 aromatic heterocycles. The molecule has 1 aromatic carbocycles.